The van der Waals surface area contributed by atoms with Gasteiger partial charge >= 0.3 is 0 Å². The second-order valence-corrected chi connectivity index (χ2v) is 2.56. The molecule has 0 radical (unpaired) electrons. The Balaban J connectivity index is 3.65. The van der Waals surface area contributed by atoms with Crippen molar-refractivity contribution in [2.75, 3.05) is 0 Å². The average molecular weight is 170 g/mol. The minimum Gasteiger partial charge on any atom is -0.515 e. The highest BCUT2D eigenvalue weighted by atomic mass is 16.2. The van der Waals surface area contributed by atoms with E-state index in [1.165, 1.54) is 0 Å². The molecule has 0 saturated carbocycles. The summed E-state index contributed by atoms with van der Waals surface area (Å²) >= 11 is 0. The van der Waals surface area contributed by atoms with Gasteiger partial charge in [-0.3, -0.25) is 9.59 Å². The summed E-state index contributed by atoms with van der Waals surface area (Å²) in [5.74, 6) is -1.04. The molecule has 0 aliphatic rings. The molecule has 3 nitrogen and oxygen atoms in total. The maximum absolute atomic E-state index is 10.9. The molecule has 1 N–H and O–H groups in total. The topological polar surface area (TPSA) is 54.4 Å². The van der Waals surface area contributed by atoms with Crippen LogP contribution in [0.5, 0.6) is 0 Å². The third-order valence-corrected chi connectivity index (χ3v) is 1.51. The lowest BCUT2D eigenvalue weighted by molar-refractivity contribution is -0.133. The van der Waals surface area contributed by atoms with Gasteiger partial charge in [-0.25, -0.2) is 0 Å². The lowest BCUT2D eigenvalue weighted by atomic mass is 10.1. The third kappa shape index (κ3) is 4.66. The van der Waals surface area contributed by atoms with Crippen molar-refractivity contribution in [3.8, 4) is 0 Å². The number of allylic oxidation sites excluding steroid dienone is 1. The molecule has 0 aliphatic heterocycles. The summed E-state index contributed by atoms with van der Waals surface area (Å²) in [6.45, 7) is 2.03. The third-order valence-electron chi connectivity index (χ3n) is 1.51. The zero-order valence-corrected chi connectivity index (χ0v) is 7.25. The van der Waals surface area contributed by atoms with Crippen molar-refractivity contribution in [3.63, 3.8) is 0 Å². The van der Waals surface area contributed by atoms with E-state index in [1.54, 1.807) is 0 Å². The van der Waals surface area contributed by atoms with Crippen molar-refractivity contribution in [1.29, 1.82) is 0 Å². The summed E-state index contributed by atoms with van der Waals surface area (Å²) in [6.07, 6.45) is 4.50. The van der Waals surface area contributed by atoms with E-state index in [0.717, 1.165) is 25.3 Å². The number of carbonyl (C=O) groups excluding carboxylic acids is 2. The molecule has 0 spiro atoms. The van der Waals surface area contributed by atoms with E-state index in [4.69, 9.17) is 5.11 Å². The first kappa shape index (κ1) is 10.9. The van der Waals surface area contributed by atoms with Crippen LogP contribution < -0.4 is 0 Å². The summed E-state index contributed by atoms with van der Waals surface area (Å²) in [5, 5.41) is 8.20. The van der Waals surface area contributed by atoms with E-state index in [1.807, 2.05) is 6.92 Å². The van der Waals surface area contributed by atoms with Gasteiger partial charge in [0.2, 0.25) is 11.6 Å². The van der Waals surface area contributed by atoms with E-state index >= 15 is 0 Å². The van der Waals surface area contributed by atoms with Crippen molar-refractivity contribution in [2.24, 2.45) is 0 Å². The number of hydrogen-bond acceptors (Lipinski definition) is 3. The zero-order chi connectivity index (χ0) is 9.40. The van der Waals surface area contributed by atoms with E-state index in [9.17, 15) is 9.59 Å². The van der Waals surface area contributed by atoms with Crippen LogP contribution in [0, 0.1) is 0 Å². The van der Waals surface area contributed by atoms with Gasteiger partial charge < -0.3 is 5.11 Å². The summed E-state index contributed by atoms with van der Waals surface area (Å²) < 4.78 is 0. The van der Waals surface area contributed by atoms with Gasteiger partial charge in [0, 0.05) is 12.5 Å². The van der Waals surface area contributed by atoms with Crippen molar-refractivity contribution in [2.45, 2.75) is 32.6 Å². The van der Waals surface area contributed by atoms with Gasteiger partial charge in [-0.1, -0.05) is 19.8 Å². The van der Waals surface area contributed by atoms with Gasteiger partial charge in [0.1, 0.15) is 0 Å². The van der Waals surface area contributed by atoms with E-state index in [0.29, 0.717) is 6.26 Å². The largest absolute Gasteiger partial charge is 0.515 e. The van der Waals surface area contributed by atoms with Crippen molar-refractivity contribution in [3.05, 3.63) is 12.3 Å². The zero-order valence-electron chi connectivity index (χ0n) is 7.25. The van der Waals surface area contributed by atoms with Crippen LogP contribution in [0.3, 0.4) is 0 Å². The first-order valence-corrected chi connectivity index (χ1v) is 4.10. The summed E-state index contributed by atoms with van der Waals surface area (Å²) in [4.78, 5) is 21.6. The molecule has 0 atom stereocenters. The number of ketones is 2. The Bertz CT molecular complexity index is 182. The van der Waals surface area contributed by atoms with Crippen molar-refractivity contribution < 1.29 is 14.7 Å². The Labute approximate surface area is 72.1 Å². The number of unbranched alkanes of at least 4 members (excludes halogenated alkanes) is 2. The van der Waals surface area contributed by atoms with Gasteiger partial charge in [-0.15, -0.1) is 0 Å². The molecule has 0 unspecified atom stereocenters. The second-order valence-electron chi connectivity index (χ2n) is 2.56. The van der Waals surface area contributed by atoms with Gasteiger partial charge in [0.25, 0.3) is 0 Å². The Kier molecular flexibility index (Phi) is 5.97. The molecule has 3 heteroatoms. The average Bonchev–Trinajstić information content (AvgIpc) is 2.05. The van der Waals surface area contributed by atoms with Crippen molar-refractivity contribution in [1.82, 2.24) is 0 Å². The highest BCUT2D eigenvalue weighted by Gasteiger charge is 2.08. The molecule has 0 aromatic carbocycles. The number of carbonyl (C=O) groups is 2. The summed E-state index contributed by atoms with van der Waals surface area (Å²) in [5.41, 5.74) is 0. The Morgan fingerprint density at radius 1 is 1.33 bits per heavy atom. The van der Waals surface area contributed by atoms with Gasteiger partial charge in [0.15, 0.2) is 0 Å². The number of Topliss-reactive ketones (excluding diaryl/α,β-unsaturated/α-hetero) is 1. The molecule has 0 heterocycles. The molecule has 0 amide bonds. The molecular formula is C9H14O3. The minimum atomic E-state index is -0.617. The molecule has 68 valence electrons. The van der Waals surface area contributed by atoms with Crippen LogP contribution in [0.2, 0.25) is 0 Å². The van der Waals surface area contributed by atoms with E-state index in [2.05, 4.69) is 0 Å². The molecule has 0 aliphatic carbocycles. The molecule has 0 rings (SSSR count). The lowest BCUT2D eigenvalue weighted by Gasteiger charge is -1.94. The first-order valence-electron chi connectivity index (χ1n) is 4.10. The van der Waals surface area contributed by atoms with Crippen LogP contribution in [-0.4, -0.2) is 16.7 Å². The molecular weight excluding hydrogens is 156 g/mol. The normalized spacial score (nSPS) is 10.4. The first-order chi connectivity index (χ1) is 5.72. The van der Waals surface area contributed by atoms with Crippen LogP contribution in [0.4, 0.5) is 0 Å². The van der Waals surface area contributed by atoms with E-state index < -0.39 is 11.6 Å². The lowest BCUT2D eigenvalue weighted by Crippen LogP contribution is -2.10. The highest BCUT2D eigenvalue weighted by Crippen LogP contribution is 2.00. The summed E-state index contributed by atoms with van der Waals surface area (Å²) in [6, 6.07) is 0. The van der Waals surface area contributed by atoms with E-state index in [-0.39, 0.29) is 6.42 Å². The molecule has 0 saturated heterocycles. The SMILES string of the molecule is CCCCCC(=O)C(=O)C=CO. The highest BCUT2D eigenvalue weighted by molar-refractivity contribution is 6.41. The second kappa shape index (κ2) is 6.58. The van der Waals surface area contributed by atoms with Crippen LogP contribution in [-0.2, 0) is 9.59 Å². The molecule has 0 fully saturated rings. The maximum Gasteiger partial charge on any atom is 0.224 e. The molecule has 0 aromatic rings. The molecule has 12 heavy (non-hydrogen) atoms. The van der Waals surface area contributed by atoms with Gasteiger partial charge in [-0.05, 0) is 6.42 Å². The van der Waals surface area contributed by atoms with Crippen LogP contribution in [0.1, 0.15) is 32.6 Å². The quantitative estimate of drug-likeness (QED) is 0.286. The molecule has 0 aromatic heterocycles. The molecule has 0 bridgehead atoms. The predicted octanol–water partition coefficient (Wildman–Crippen LogP) is 1.78. The number of hydrogen-bond donors (Lipinski definition) is 1. The van der Waals surface area contributed by atoms with Crippen molar-refractivity contribution >= 4 is 11.6 Å². The fourth-order valence-corrected chi connectivity index (χ4v) is 0.819. The number of aliphatic hydroxyl groups excluding tert-OH is 1. The fraction of sp³-hybridized carbons (Fsp3) is 0.556. The number of aliphatic hydroxyl groups is 1. The Morgan fingerprint density at radius 2 is 2.00 bits per heavy atom. The van der Waals surface area contributed by atoms with Crippen LogP contribution >= 0.6 is 0 Å². The smallest absolute Gasteiger partial charge is 0.224 e. The van der Waals surface area contributed by atoms with Gasteiger partial charge in [0.05, 0.1) is 6.26 Å². The van der Waals surface area contributed by atoms with Gasteiger partial charge in [-0.2, -0.15) is 0 Å². The monoisotopic (exact) mass is 170 g/mol. The Hall–Kier alpha value is -1.12. The predicted molar refractivity (Wildman–Crippen MR) is 45.9 cm³/mol. The standard InChI is InChI=1S/C9H14O3/c1-2-3-4-5-8(11)9(12)6-7-10/h6-7,10H,2-5H2,1H3. The summed E-state index contributed by atoms with van der Waals surface area (Å²) in [7, 11) is 0. The Morgan fingerprint density at radius 3 is 2.50 bits per heavy atom. The van der Waals surface area contributed by atoms with Crippen LogP contribution in [0.15, 0.2) is 12.3 Å². The fourth-order valence-electron chi connectivity index (χ4n) is 0.819. The number of rotatable bonds is 6. The van der Waals surface area contributed by atoms with Crippen LogP contribution in [0.25, 0.3) is 0 Å². The maximum atomic E-state index is 10.9. The minimum absolute atomic E-state index is 0.289.